The average Bonchev–Trinajstić information content (AvgIpc) is 2.58. The van der Waals surface area contributed by atoms with Gasteiger partial charge < -0.3 is 10.3 Å². The Kier molecular flexibility index (Phi) is 4.55. The molecule has 5 nitrogen and oxygen atoms in total. The minimum atomic E-state index is -0.412. The van der Waals surface area contributed by atoms with E-state index in [1.54, 1.807) is 0 Å². The molecule has 0 radical (unpaired) electrons. The van der Waals surface area contributed by atoms with E-state index in [9.17, 15) is 9.59 Å². The van der Waals surface area contributed by atoms with Gasteiger partial charge in [-0.2, -0.15) is 0 Å². The number of hydrogen-bond donors (Lipinski definition) is 2. The second-order valence-electron chi connectivity index (χ2n) is 7.78. The van der Waals surface area contributed by atoms with Crippen molar-refractivity contribution in [2.75, 3.05) is 11.6 Å². The number of nitrogens with one attached hydrogen (secondary N) is 2. The monoisotopic (exact) mass is 445 g/mol. The number of fused-ring (bicyclic) bond motifs is 1. The summed E-state index contributed by atoms with van der Waals surface area (Å²) < 4.78 is 0.913. The Morgan fingerprint density at radius 2 is 2.04 bits per heavy atom. The molecule has 0 saturated heterocycles. The van der Waals surface area contributed by atoms with Crippen molar-refractivity contribution in [2.45, 2.75) is 37.8 Å². The molecule has 0 spiro atoms. The number of ketones is 1. The molecular formula is C20H20BrN3O2S. The van der Waals surface area contributed by atoms with Crippen LogP contribution in [0.4, 0.5) is 5.82 Å². The van der Waals surface area contributed by atoms with Crippen LogP contribution in [-0.4, -0.2) is 22.0 Å². The van der Waals surface area contributed by atoms with E-state index < -0.39 is 5.92 Å². The molecule has 27 heavy (non-hydrogen) atoms. The van der Waals surface area contributed by atoms with Crippen molar-refractivity contribution in [1.29, 1.82) is 0 Å². The lowest BCUT2D eigenvalue weighted by Gasteiger charge is -2.38. The fourth-order valence-electron chi connectivity index (χ4n) is 4.01. The number of allylic oxidation sites excluding steroid dienone is 2. The number of halogens is 1. The van der Waals surface area contributed by atoms with Gasteiger partial charge in [0.05, 0.1) is 5.56 Å². The molecule has 1 aromatic carbocycles. The zero-order valence-corrected chi connectivity index (χ0v) is 17.8. The van der Waals surface area contributed by atoms with Crippen LogP contribution in [0.25, 0.3) is 0 Å². The number of carbonyl (C=O) groups is 1. The molecule has 0 unspecified atom stereocenters. The fourth-order valence-corrected chi connectivity index (χ4v) is 4.80. The molecule has 0 fully saturated rings. The Morgan fingerprint density at radius 1 is 1.26 bits per heavy atom. The van der Waals surface area contributed by atoms with Gasteiger partial charge in [0.1, 0.15) is 5.82 Å². The number of Topliss-reactive ketones (excluding diaryl/α,β-unsaturated/α-hetero) is 1. The molecule has 0 bridgehead atoms. The Hall–Kier alpha value is -1.86. The number of thioether (sulfide) groups is 1. The SMILES string of the molecule is CSc1nc2c(c(=O)[nH]1)[C@H](c1cccc(Br)c1)C1=C(CC(C)(C)CC1=O)N2. The lowest BCUT2D eigenvalue weighted by Crippen LogP contribution is -2.37. The maximum absolute atomic E-state index is 13.1. The van der Waals surface area contributed by atoms with Crippen LogP contribution in [-0.2, 0) is 4.79 Å². The van der Waals surface area contributed by atoms with Gasteiger partial charge >= 0.3 is 0 Å². The molecule has 2 aromatic rings. The number of benzene rings is 1. The summed E-state index contributed by atoms with van der Waals surface area (Å²) in [6.45, 7) is 4.19. The summed E-state index contributed by atoms with van der Waals surface area (Å²) in [4.78, 5) is 33.5. The number of nitrogens with zero attached hydrogens (tertiary/aromatic N) is 1. The number of aromatic amines is 1. The van der Waals surface area contributed by atoms with E-state index in [0.717, 1.165) is 22.2 Å². The van der Waals surface area contributed by atoms with Crippen LogP contribution in [0.3, 0.4) is 0 Å². The summed E-state index contributed by atoms with van der Waals surface area (Å²) in [6, 6.07) is 7.80. The summed E-state index contributed by atoms with van der Waals surface area (Å²) in [5, 5.41) is 3.88. The minimum absolute atomic E-state index is 0.0951. The fraction of sp³-hybridized carbons (Fsp3) is 0.350. The van der Waals surface area contributed by atoms with Crippen molar-refractivity contribution in [3.63, 3.8) is 0 Å². The Balaban J connectivity index is 1.99. The van der Waals surface area contributed by atoms with Gasteiger partial charge in [-0.05, 0) is 35.8 Å². The van der Waals surface area contributed by atoms with Gasteiger partial charge in [0.25, 0.3) is 5.56 Å². The normalized spacial score (nSPS) is 20.7. The van der Waals surface area contributed by atoms with E-state index in [4.69, 9.17) is 0 Å². The van der Waals surface area contributed by atoms with Crippen LogP contribution >= 0.6 is 27.7 Å². The van der Waals surface area contributed by atoms with Crippen molar-refractivity contribution in [3.8, 4) is 0 Å². The number of rotatable bonds is 2. The summed E-state index contributed by atoms with van der Waals surface area (Å²) >= 11 is 4.90. The molecule has 2 aliphatic rings. The summed E-state index contributed by atoms with van der Waals surface area (Å²) in [7, 11) is 0. The predicted molar refractivity (Wildman–Crippen MR) is 111 cm³/mol. The first-order chi connectivity index (χ1) is 12.8. The van der Waals surface area contributed by atoms with Crippen LogP contribution in [0, 0.1) is 5.41 Å². The highest BCUT2D eigenvalue weighted by molar-refractivity contribution is 9.10. The zero-order chi connectivity index (χ0) is 19.3. The van der Waals surface area contributed by atoms with Gasteiger partial charge in [-0.1, -0.05) is 53.7 Å². The molecule has 0 amide bonds. The van der Waals surface area contributed by atoms with Crippen LogP contribution in [0.2, 0.25) is 0 Å². The third-order valence-electron chi connectivity index (χ3n) is 5.08. The summed E-state index contributed by atoms with van der Waals surface area (Å²) in [5.74, 6) is 0.236. The first-order valence-corrected chi connectivity index (χ1v) is 10.8. The Bertz CT molecular complexity index is 1040. The lowest BCUT2D eigenvalue weighted by molar-refractivity contribution is -0.118. The molecule has 1 aliphatic heterocycles. The maximum atomic E-state index is 13.1. The highest BCUT2D eigenvalue weighted by atomic mass is 79.9. The van der Waals surface area contributed by atoms with E-state index in [2.05, 4.69) is 45.1 Å². The average molecular weight is 446 g/mol. The van der Waals surface area contributed by atoms with Crippen molar-refractivity contribution >= 4 is 39.3 Å². The number of H-pyrrole nitrogens is 1. The maximum Gasteiger partial charge on any atom is 0.257 e. The third kappa shape index (κ3) is 3.27. The van der Waals surface area contributed by atoms with Gasteiger partial charge in [0.15, 0.2) is 10.9 Å². The van der Waals surface area contributed by atoms with Crippen molar-refractivity contribution in [3.05, 3.63) is 61.5 Å². The highest BCUT2D eigenvalue weighted by Crippen LogP contribution is 2.47. The molecule has 1 atom stereocenters. The number of aromatic nitrogens is 2. The first kappa shape index (κ1) is 18.5. The molecule has 2 heterocycles. The topological polar surface area (TPSA) is 74.8 Å². The zero-order valence-electron chi connectivity index (χ0n) is 15.4. The number of anilines is 1. The lowest BCUT2D eigenvalue weighted by atomic mass is 9.69. The van der Waals surface area contributed by atoms with Crippen LogP contribution in [0.1, 0.15) is 43.7 Å². The molecule has 1 aromatic heterocycles. The second-order valence-corrected chi connectivity index (χ2v) is 9.49. The van der Waals surface area contributed by atoms with E-state index in [0.29, 0.717) is 28.5 Å². The van der Waals surface area contributed by atoms with Gasteiger partial charge in [-0.25, -0.2) is 4.98 Å². The molecule has 0 saturated carbocycles. The first-order valence-electron chi connectivity index (χ1n) is 8.76. The highest BCUT2D eigenvalue weighted by Gasteiger charge is 2.42. The van der Waals surface area contributed by atoms with E-state index in [1.807, 2.05) is 30.5 Å². The van der Waals surface area contributed by atoms with Gasteiger partial charge in [-0.15, -0.1) is 0 Å². The number of carbonyl (C=O) groups excluding carboxylic acids is 1. The van der Waals surface area contributed by atoms with E-state index in [-0.39, 0.29) is 16.8 Å². The molecule has 1 aliphatic carbocycles. The minimum Gasteiger partial charge on any atom is -0.343 e. The van der Waals surface area contributed by atoms with Gasteiger partial charge in [0, 0.05) is 28.1 Å². The van der Waals surface area contributed by atoms with Crippen LogP contribution < -0.4 is 10.9 Å². The Morgan fingerprint density at radius 3 is 2.74 bits per heavy atom. The summed E-state index contributed by atoms with van der Waals surface area (Å²) in [6.07, 6.45) is 3.10. The second kappa shape index (κ2) is 6.63. The van der Waals surface area contributed by atoms with Gasteiger partial charge in [0.2, 0.25) is 0 Å². The predicted octanol–water partition coefficient (Wildman–Crippen LogP) is 4.45. The molecular weight excluding hydrogens is 426 g/mol. The number of hydrogen-bond acceptors (Lipinski definition) is 5. The Labute approximate surface area is 170 Å². The molecule has 2 N–H and O–H groups in total. The third-order valence-corrected chi connectivity index (χ3v) is 6.15. The van der Waals surface area contributed by atoms with Crippen molar-refractivity contribution < 1.29 is 4.79 Å². The van der Waals surface area contributed by atoms with Gasteiger partial charge in [-0.3, -0.25) is 9.59 Å². The molecule has 7 heteroatoms. The van der Waals surface area contributed by atoms with Crippen molar-refractivity contribution in [2.24, 2.45) is 5.41 Å². The summed E-state index contributed by atoms with van der Waals surface area (Å²) in [5.41, 5.74) is 2.69. The van der Waals surface area contributed by atoms with Crippen LogP contribution in [0.5, 0.6) is 0 Å². The smallest absolute Gasteiger partial charge is 0.257 e. The molecule has 140 valence electrons. The van der Waals surface area contributed by atoms with E-state index >= 15 is 0 Å². The van der Waals surface area contributed by atoms with Crippen LogP contribution in [0.15, 0.2) is 50.0 Å². The quantitative estimate of drug-likeness (QED) is 0.527. The largest absolute Gasteiger partial charge is 0.343 e. The van der Waals surface area contributed by atoms with Crippen molar-refractivity contribution in [1.82, 2.24) is 9.97 Å². The standard InChI is InChI=1S/C20H20BrN3O2S/c1-20(2)8-12-15(13(25)9-20)14(10-5-4-6-11(21)7-10)16-17(22-12)23-19(27-3)24-18(16)26/h4-7,14H,8-9H2,1-3H3,(H2,22,23,24,26)/t14-/m1/s1. The molecule has 4 rings (SSSR count). The van der Waals surface area contributed by atoms with E-state index in [1.165, 1.54) is 11.8 Å².